The largest absolute Gasteiger partial charge is 0.356 e. The summed E-state index contributed by atoms with van der Waals surface area (Å²) in [5.41, 5.74) is 2.00. The van der Waals surface area contributed by atoms with Crippen LogP contribution in [0.25, 0.3) is 5.82 Å². The highest BCUT2D eigenvalue weighted by molar-refractivity contribution is 7.90. The Labute approximate surface area is 159 Å². The normalized spacial score (nSPS) is 25.9. The summed E-state index contributed by atoms with van der Waals surface area (Å²) in [5.74, 6) is 2.41. The Balaban J connectivity index is 1.32. The van der Waals surface area contributed by atoms with Crippen molar-refractivity contribution >= 4 is 15.8 Å². The molecule has 0 amide bonds. The molecule has 2 aliphatic heterocycles. The van der Waals surface area contributed by atoms with Gasteiger partial charge in [-0.1, -0.05) is 0 Å². The van der Waals surface area contributed by atoms with Crippen molar-refractivity contribution in [3.05, 3.63) is 29.8 Å². The van der Waals surface area contributed by atoms with E-state index < -0.39 is 10.0 Å². The summed E-state index contributed by atoms with van der Waals surface area (Å²) in [6, 6.07) is 4.00. The Morgan fingerprint density at radius 2 is 1.63 bits per heavy atom. The third kappa shape index (κ3) is 2.93. The smallest absolute Gasteiger partial charge is 0.217 e. The molecule has 3 fully saturated rings. The van der Waals surface area contributed by atoms with Crippen LogP contribution >= 0.6 is 0 Å². The minimum atomic E-state index is -3.06. The van der Waals surface area contributed by atoms with Crippen LogP contribution in [-0.4, -0.2) is 63.9 Å². The number of sulfonamides is 1. The molecule has 2 aromatic rings. The van der Waals surface area contributed by atoms with Crippen molar-refractivity contribution in [3.63, 3.8) is 0 Å². The average Bonchev–Trinajstić information content (AvgIpc) is 3.18. The van der Waals surface area contributed by atoms with Crippen LogP contribution < -0.4 is 4.90 Å². The Bertz CT molecular complexity index is 969. The molecule has 1 aliphatic carbocycles. The molecule has 0 aromatic carbocycles. The molecule has 3 aliphatic rings. The monoisotopic (exact) mass is 388 g/mol. The van der Waals surface area contributed by atoms with Crippen LogP contribution in [0.3, 0.4) is 0 Å². The Morgan fingerprint density at radius 3 is 2.22 bits per heavy atom. The van der Waals surface area contributed by atoms with Crippen LogP contribution in [0.15, 0.2) is 18.5 Å². The minimum absolute atomic E-state index is 0.113. The predicted octanol–water partition coefficient (Wildman–Crippen LogP) is 1.14. The first-order valence-corrected chi connectivity index (χ1v) is 11.0. The van der Waals surface area contributed by atoms with Crippen LogP contribution in [0.2, 0.25) is 0 Å². The molecule has 2 aromatic heterocycles. The Kier molecular flexibility index (Phi) is 3.80. The number of anilines is 1. The summed E-state index contributed by atoms with van der Waals surface area (Å²) in [6.07, 6.45) is 3.24. The summed E-state index contributed by atoms with van der Waals surface area (Å²) in [5, 5.41) is 4.39. The number of hydrogen-bond donors (Lipinski definition) is 0. The number of aromatic nitrogens is 4. The number of aryl methyl sites for hydroxylation is 2. The molecule has 144 valence electrons. The van der Waals surface area contributed by atoms with E-state index in [0.717, 1.165) is 49.0 Å². The van der Waals surface area contributed by atoms with Gasteiger partial charge in [-0.3, -0.25) is 0 Å². The van der Waals surface area contributed by atoms with Crippen LogP contribution in [0.1, 0.15) is 24.2 Å². The van der Waals surface area contributed by atoms with Gasteiger partial charge in [-0.2, -0.15) is 5.10 Å². The van der Waals surface area contributed by atoms with Gasteiger partial charge in [0.05, 0.1) is 10.9 Å². The molecule has 2 saturated heterocycles. The molecule has 5 rings (SSSR count). The molecule has 0 radical (unpaired) electrons. The van der Waals surface area contributed by atoms with Crippen LogP contribution in [0.4, 0.5) is 5.82 Å². The van der Waals surface area contributed by atoms with Crippen LogP contribution in [0, 0.1) is 25.7 Å². The first kappa shape index (κ1) is 17.1. The summed E-state index contributed by atoms with van der Waals surface area (Å²) in [7, 11) is -3.06. The second kappa shape index (κ2) is 6.00. The lowest BCUT2D eigenvalue weighted by atomic mass is 10.0. The molecule has 27 heavy (non-hydrogen) atoms. The summed E-state index contributed by atoms with van der Waals surface area (Å²) < 4.78 is 28.6. The molecule has 2 unspecified atom stereocenters. The second-order valence-electron chi connectivity index (χ2n) is 8.06. The lowest BCUT2D eigenvalue weighted by Crippen LogP contribution is -2.35. The predicted molar refractivity (Wildman–Crippen MR) is 101 cm³/mol. The topological polar surface area (TPSA) is 84.2 Å². The number of hydrogen-bond acceptors (Lipinski definition) is 6. The highest BCUT2D eigenvalue weighted by atomic mass is 32.2. The third-order valence-corrected chi connectivity index (χ3v) is 8.28. The molecule has 4 heterocycles. The van der Waals surface area contributed by atoms with E-state index in [1.54, 1.807) is 10.6 Å². The van der Waals surface area contributed by atoms with E-state index in [2.05, 4.69) is 20.0 Å². The highest BCUT2D eigenvalue weighted by Crippen LogP contribution is 2.39. The lowest BCUT2D eigenvalue weighted by molar-refractivity contribution is 0.452. The fourth-order valence-electron chi connectivity index (χ4n) is 4.41. The van der Waals surface area contributed by atoms with Crippen molar-refractivity contribution in [1.29, 1.82) is 0 Å². The second-order valence-corrected chi connectivity index (χ2v) is 10.3. The molecule has 8 nitrogen and oxygen atoms in total. The summed E-state index contributed by atoms with van der Waals surface area (Å²) in [4.78, 5) is 11.1. The maximum atomic E-state index is 12.5. The van der Waals surface area contributed by atoms with Gasteiger partial charge in [0.1, 0.15) is 12.1 Å². The molecular weight excluding hydrogens is 364 g/mol. The van der Waals surface area contributed by atoms with E-state index in [9.17, 15) is 8.42 Å². The van der Waals surface area contributed by atoms with Crippen molar-refractivity contribution < 1.29 is 8.42 Å². The molecule has 1 saturated carbocycles. The van der Waals surface area contributed by atoms with Crippen LogP contribution in [-0.2, 0) is 10.0 Å². The maximum Gasteiger partial charge on any atom is 0.217 e. The highest BCUT2D eigenvalue weighted by Gasteiger charge is 2.48. The molecule has 0 N–H and O–H groups in total. The molecule has 9 heteroatoms. The first-order chi connectivity index (χ1) is 12.9. The SMILES string of the molecule is Cc1cc(C)n(-c2cc(N3CC4CN(S(=O)(=O)C5CC5)CC4C3)ncn2)n1. The van der Waals surface area contributed by atoms with Crippen molar-refractivity contribution in [2.45, 2.75) is 31.9 Å². The van der Waals surface area contributed by atoms with E-state index in [1.807, 2.05) is 30.7 Å². The van der Waals surface area contributed by atoms with Crippen molar-refractivity contribution in [1.82, 2.24) is 24.1 Å². The van der Waals surface area contributed by atoms with Gasteiger partial charge in [-0.05, 0) is 44.6 Å². The lowest BCUT2D eigenvalue weighted by Gasteiger charge is -2.22. The van der Waals surface area contributed by atoms with Gasteiger partial charge in [-0.25, -0.2) is 27.4 Å². The fourth-order valence-corrected chi connectivity index (χ4v) is 6.36. The molecule has 2 atom stereocenters. The van der Waals surface area contributed by atoms with E-state index in [1.165, 1.54) is 0 Å². The van der Waals surface area contributed by atoms with E-state index in [0.29, 0.717) is 24.9 Å². The van der Waals surface area contributed by atoms with Crippen LogP contribution in [0.5, 0.6) is 0 Å². The van der Waals surface area contributed by atoms with Gasteiger partial charge in [0, 0.05) is 37.9 Å². The quantitative estimate of drug-likeness (QED) is 0.781. The van der Waals surface area contributed by atoms with Gasteiger partial charge in [0.15, 0.2) is 5.82 Å². The van der Waals surface area contributed by atoms with Gasteiger partial charge in [0.2, 0.25) is 10.0 Å². The van der Waals surface area contributed by atoms with Crippen molar-refractivity contribution in [2.24, 2.45) is 11.8 Å². The van der Waals surface area contributed by atoms with Gasteiger partial charge in [-0.15, -0.1) is 0 Å². The Morgan fingerprint density at radius 1 is 0.963 bits per heavy atom. The van der Waals surface area contributed by atoms with Crippen molar-refractivity contribution in [2.75, 3.05) is 31.1 Å². The third-order valence-electron chi connectivity index (χ3n) is 5.95. The average molecular weight is 388 g/mol. The standard InChI is InChI=1S/C18H24N6O2S/c1-12-5-13(2)24(21-12)18-6-17(19-11-20-18)22-7-14-9-23(10-15(14)8-22)27(25,26)16-3-4-16/h5-6,11,14-16H,3-4,7-10H2,1-2H3. The van der Waals surface area contributed by atoms with Gasteiger partial charge < -0.3 is 4.90 Å². The van der Waals surface area contributed by atoms with E-state index in [4.69, 9.17) is 0 Å². The number of fused-ring (bicyclic) bond motifs is 1. The minimum Gasteiger partial charge on any atom is -0.356 e. The molecule has 0 spiro atoms. The van der Waals surface area contributed by atoms with Gasteiger partial charge in [0.25, 0.3) is 0 Å². The van der Waals surface area contributed by atoms with E-state index in [-0.39, 0.29) is 5.25 Å². The molecule has 0 bridgehead atoms. The summed E-state index contributed by atoms with van der Waals surface area (Å²) >= 11 is 0. The zero-order valence-corrected chi connectivity index (χ0v) is 16.4. The molecular formula is C18H24N6O2S. The Hall–Kier alpha value is -2.00. The van der Waals surface area contributed by atoms with E-state index >= 15 is 0 Å². The van der Waals surface area contributed by atoms with Crippen molar-refractivity contribution in [3.8, 4) is 5.82 Å². The fraction of sp³-hybridized carbons (Fsp3) is 0.611. The summed E-state index contributed by atoms with van der Waals surface area (Å²) in [6.45, 7) is 6.96. The number of nitrogens with zero attached hydrogens (tertiary/aromatic N) is 6. The zero-order chi connectivity index (χ0) is 18.8. The number of rotatable bonds is 4. The van der Waals surface area contributed by atoms with Gasteiger partial charge >= 0.3 is 0 Å². The maximum absolute atomic E-state index is 12.5. The zero-order valence-electron chi connectivity index (χ0n) is 15.6. The first-order valence-electron chi connectivity index (χ1n) is 9.51.